The number of aliphatic hydroxyl groups excluding tert-OH is 1. The summed E-state index contributed by atoms with van der Waals surface area (Å²) in [7, 11) is 1.58. The summed E-state index contributed by atoms with van der Waals surface area (Å²) in [6.45, 7) is 1.58. The summed E-state index contributed by atoms with van der Waals surface area (Å²) in [5.74, 6) is 1.98. The molecule has 0 radical (unpaired) electrons. The number of nitrogens with one attached hydrogen (secondary N) is 1. The van der Waals surface area contributed by atoms with Crippen molar-refractivity contribution in [3.8, 4) is 11.8 Å². The Morgan fingerprint density at radius 1 is 1.18 bits per heavy atom. The minimum atomic E-state index is -0.332. The molecule has 3 heterocycles. The molecule has 2 unspecified atom stereocenters. The second kappa shape index (κ2) is 10.2. The third kappa shape index (κ3) is 4.57. The molecule has 2 saturated heterocycles. The molecule has 1 aromatic heterocycles. The van der Waals surface area contributed by atoms with E-state index in [4.69, 9.17) is 21.1 Å². The minimum absolute atomic E-state index is 0. The molecule has 2 aliphatic heterocycles. The number of benzene rings is 2. The number of fused-ring (bicyclic) bond motifs is 3. The van der Waals surface area contributed by atoms with Crippen LogP contribution in [0.4, 0.5) is 11.6 Å². The topological polar surface area (TPSA) is 104 Å². The largest absolute Gasteiger partial charge is 0.495 e. The number of piperidine rings is 1. The Hall–Kier alpha value is -2.83. The van der Waals surface area contributed by atoms with Crippen molar-refractivity contribution in [1.29, 1.82) is 5.26 Å². The SMILES string of the molecule is COc1ccc(CNc2nnc(N3C4COCC3CC(O)C4)c3ccc(C#N)cc23)cc1Cl.Cl. The maximum atomic E-state index is 10.3. The predicted molar refractivity (Wildman–Crippen MR) is 133 cm³/mol. The number of aliphatic hydroxyl groups is 1. The molecule has 0 saturated carbocycles. The molecule has 2 N–H and O–H groups in total. The van der Waals surface area contributed by atoms with E-state index in [0.717, 1.165) is 22.2 Å². The lowest BCUT2D eigenvalue weighted by Gasteiger charge is -2.48. The van der Waals surface area contributed by atoms with Crippen LogP contribution < -0.4 is 15.0 Å². The van der Waals surface area contributed by atoms with E-state index in [-0.39, 0.29) is 30.6 Å². The van der Waals surface area contributed by atoms with Crippen LogP contribution in [0.3, 0.4) is 0 Å². The highest BCUT2D eigenvalue weighted by Gasteiger charge is 2.40. The molecular weight excluding hydrogens is 477 g/mol. The smallest absolute Gasteiger partial charge is 0.159 e. The lowest BCUT2D eigenvalue weighted by Crippen LogP contribution is -2.58. The fourth-order valence-electron chi connectivity index (χ4n) is 4.77. The van der Waals surface area contributed by atoms with Gasteiger partial charge in [0, 0.05) is 17.3 Å². The molecule has 2 aromatic carbocycles. The lowest BCUT2D eigenvalue weighted by atomic mass is 9.91. The Morgan fingerprint density at radius 2 is 1.94 bits per heavy atom. The minimum Gasteiger partial charge on any atom is -0.495 e. The first-order valence-corrected chi connectivity index (χ1v) is 11.3. The van der Waals surface area contributed by atoms with Crippen LogP contribution in [0.1, 0.15) is 24.0 Å². The van der Waals surface area contributed by atoms with E-state index < -0.39 is 0 Å². The monoisotopic (exact) mass is 501 g/mol. The number of ether oxygens (including phenoxy) is 2. The number of hydrogen-bond donors (Lipinski definition) is 2. The Kier molecular flexibility index (Phi) is 7.29. The molecule has 5 rings (SSSR count). The number of morpholine rings is 1. The van der Waals surface area contributed by atoms with Crippen molar-refractivity contribution in [3.05, 3.63) is 52.5 Å². The summed E-state index contributed by atoms with van der Waals surface area (Å²) in [5, 5.41) is 34.4. The number of hydrogen-bond acceptors (Lipinski definition) is 8. The van der Waals surface area contributed by atoms with Gasteiger partial charge in [-0.05, 0) is 48.7 Å². The van der Waals surface area contributed by atoms with Gasteiger partial charge in [0.05, 0.1) is 55.2 Å². The number of methoxy groups -OCH3 is 1. The van der Waals surface area contributed by atoms with Crippen LogP contribution in [-0.2, 0) is 11.3 Å². The quantitative estimate of drug-likeness (QED) is 0.541. The Balaban J connectivity index is 0.00000274. The van der Waals surface area contributed by atoms with E-state index in [2.05, 4.69) is 26.5 Å². The third-order valence-electron chi connectivity index (χ3n) is 6.31. The van der Waals surface area contributed by atoms with Crippen LogP contribution >= 0.6 is 24.0 Å². The van der Waals surface area contributed by atoms with Crippen molar-refractivity contribution in [1.82, 2.24) is 10.2 Å². The van der Waals surface area contributed by atoms with E-state index in [9.17, 15) is 10.4 Å². The zero-order valence-electron chi connectivity index (χ0n) is 18.6. The standard InChI is InChI=1S/C24H24ClN5O3.ClH/c1-32-22-5-3-15(7-21(22)25)11-27-23-20-6-14(10-26)2-4-19(20)24(29-28-23)30-16-8-18(31)9-17(30)13-33-12-16;/h2-7,16-18,31H,8-9,11-13H2,1H3,(H,27,28);1H. The Labute approximate surface area is 208 Å². The van der Waals surface area contributed by atoms with Crippen LogP contribution in [0.2, 0.25) is 5.02 Å². The average Bonchev–Trinajstić information content (AvgIpc) is 2.82. The highest BCUT2D eigenvalue weighted by atomic mass is 35.5. The van der Waals surface area contributed by atoms with Crippen molar-refractivity contribution in [3.63, 3.8) is 0 Å². The molecule has 2 fully saturated rings. The van der Waals surface area contributed by atoms with Gasteiger partial charge in [-0.2, -0.15) is 5.26 Å². The van der Waals surface area contributed by atoms with E-state index >= 15 is 0 Å². The van der Waals surface area contributed by atoms with Gasteiger partial charge in [0.25, 0.3) is 0 Å². The van der Waals surface area contributed by atoms with E-state index in [1.807, 2.05) is 30.3 Å². The number of rotatable bonds is 5. The van der Waals surface area contributed by atoms with Gasteiger partial charge in [-0.25, -0.2) is 0 Å². The highest BCUT2D eigenvalue weighted by molar-refractivity contribution is 6.32. The van der Waals surface area contributed by atoms with Crippen LogP contribution in [0.5, 0.6) is 5.75 Å². The molecule has 0 spiro atoms. The molecular formula is C24H25Cl2N5O3. The number of anilines is 2. The molecule has 2 atom stereocenters. The van der Waals surface area contributed by atoms with Gasteiger partial charge in [0.1, 0.15) is 5.75 Å². The first kappa shape index (κ1) is 24.3. The van der Waals surface area contributed by atoms with Crippen molar-refractivity contribution in [2.45, 2.75) is 37.6 Å². The summed E-state index contributed by atoms with van der Waals surface area (Å²) in [4.78, 5) is 2.24. The van der Waals surface area contributed by atoms with Gasteiger partial charge in [0.15, 0.2) is 11.6 Å². The van der Waals surface area contributed by atoms with Crippen molar-refractivity contribution < 1.29 is 14.6 Å². The summed E-state index contributed by atoms with van der Waals surface area (Å²) >= 11 is 6.26. The fourth-order valence-corrected chi connectivity index (χ4v) is 5.05. The van der Waals surface area contributed by atoms with Crippen molar-refractivity contribution >= 4 is 46.4 Å². The lowest BCUT2D eigenvalue weighted by molar-refractivity contribution is 0.000888. The molecule has 2 aliphatic rings. The van der Waals surface area contributed by atoms with Crippen LogP contribution in [0, 0.1) is 11.3 Å². The molecule has 10 heteroatoms. The normalized spacial score (nSPS) is 21.5. The number of nitriles is 1. The zero-order valence-corrected chi connectivity index (χ0v) is 20.1. The number of halogens is 2. The zero-order chi connectivity index (χ0) is 22.9. The molecule has 2 bridgehead atoms. The van der Waals surface area contributed by atoms with Gasteiger partial charge in [-0.1, -0.05) is 17.7 Å². The summed E-state index contributed by atoms with van der Waals surface area (Å²) in [6.07, 6.45) is 0.935. The number of aromatic nitrogens is 2. The first-order chi connectivity index (χ1) is 16.1. The van der Waals surface area contributed by atoms with Gasteiger partial charge in [0.2, 0.25) is 0 Å². The molecule has 0 aliphatic carbocycles. The van der Waals surface area contributed by atoms with E-state index in [0.29, 0.717) is 54.8 Å². The molecule has 34 heavy (non-hydrogen) atoms. The van der Waals surface area contributed by atoms with Crippen LogP contribution in [-0.4, -0.2) is 53.8 Å². The van der Waals surface area contributed by atoms with E-state index in [1.54, 1.807) is 13.2 Å². The van der Waals surface area contributed by atoms with Gasteiger partial charge < -0.3 is 24.8 Å². The summed E-state index contributed by atoms with van der Waals surface area (Å²) in [5.41, 5.74) is 1.52. The summed E-state index contributed by atoms with van der Waals surface area (Å²) in [6, 6.07) is 13.5. The third-order valence-corrected chi connectivity index (χ3v) is 6.60. The Bertz CT molecular complexity index is 1220. The van der Waals surface area contributed by atoms with Crippen molar-refractivity contribution in [2.75, 3.05) is 30.5 Å². The first-order valence-electron chi connectivity index (χ1n) is 10.9. The average molecular weight is 502 g/mol. The van der Waals surface area contributed by atoms with E-state index in [1.165, 1.54) is 0 Å². The molecule has 8 nitrogen and oxygen atoms in total. The fraction of sp³-hybridized carbons (Fsp3) is 0.375. The molecule has 3 aromatic rings. The van der Waals surface area contributed by atoms with Crippen LogP contribution in [0.25, 0.3) is 10.8 Å². The van der Waals surface area contributed by atoms with Gasteiger partial charge >= 0.3 is 0 Å². The highest BCUT2D eigenvalue weighted by Crippen LogP contribution is 2.37. The second-order valence-electron chi connectivity index (χ2n) is 8.44. The van der Waals surface area contributed by atoms with Crippen molar-refractivity contribution in [2.24, 2.45) is 0 Å². The molecule has 0 amide bonds. The van der Waals surface area contributed by atoms with Gasteiger partial charge in [-0.15, -0.1) is 22.6 Å². The number of nitrogens with zero attached hydrogens (tertiary/aromatic N) is 4. The predicted octanol–water partition coefficient (Wildman–Crippen LogP) is 3.93. The van der Waals surface area contributed by atoms with Crippen LogP contribution in [0.15, 0.2) is 36.4 Å². The molecule has 178 valence electrons. The Morgan fingerprint density at radius 3 is 2.62 bits per heavy atom. The van der Waals surface area contributed by atoms with Gasteiger partial charge in [-0.3, -0.25) is 0 Å². The maximum absolute atomic E-state index is 10.3. The second-order valence-corrected chi connectivity index (χ2v) is 8.85. The maximum Gasteiger partial charge on any atom is 0.159 e. The summed E-state index contributed by atoms with van der Waals surface area (Å²) < 4.78 is 11.0.